The molecule has 1 aliphatic heterocycles. The third kappa shape index (κ3) is 3.83. The highest BCUT2D eigenvalue weighted by Crippen LogP contribution is 2.31. The van der Waals surface area contributed by atoms with Crippen LogP contribution in [0.5, 0.6) is 0 Å². The van der Waals surface area contributed by atoms with Crippen LogP contribution in [0.4, 0.5) is 11.4 Å². The molecule has 2 aromatic carbocycles. The zero-order chi connectivity index (χ0) is 17.9. The summed E-state index contributed by atoms with van der Waals surface area (Å²) in [5, 5.41) is 0. The summed E-state index contributed by atoms with van der Waals surface area (Å²) in [5.41, 5.74) is 8.52. The number of nitrogen functional groups attached to an aromatic ring is 1. The number of nitrogens with two attached hydrogens (primary N) is 1. The maximum Gasteiger partial charge on any atom is 0.240 e. The molecule has 1 heterocycles. The molecule has 0 atom stereocenters. The highest BCUT2D eigenvalue weighted by atomic mass is 32.2. The standard InChI is InChI=1S/C18H21N3O3S/c19-16-9-4-10-17-15(16)8-5-13-21(17)18(22)11-12-20-25(23,24)14-6-2-1-3-7-14/h1-4,6-7,9-10,20H,5,8,11-13,19H2. The number of nitrogens with zero attached hydrogens (tertiary/aromatic N) is 1. The van der Waals surface area contributed by atoms with Gasteiger partial charge in [0, 0.05) is 30.9 Å². The van der Waals surface area contributed by atoms with Gasteiger partial charge < -0.3 is 10.6 Å². The van der Waals surface area contributed by atoms with Crippen LogP contribution in [-0.4, -0.2) is 27.4 Å². The summed E-state index contributed by atoms with van der Waals surface area (Å²) < 4.78 is 26.8. The molecule has 132 valence electrons. The van der Waals surface area contributed by atoms with E-state index in [2.05, 4.69) is 4.72 Å². The Balaban J connectivity index is 1.64. The number of rotatable bonds is 5. The molecule has 7 heteroatoms. The van der Waals surface area contributed by atoms with E-state index in [4.69, 9.17) is 5.73 Å². The number of amides is 1. The average Bonchev–Trinajstić information content (AvgIpc) is 2.62. The van der Waals surface area contributed by atoms with Crippen LogP contribution in [0.2, 0.25) is 0 Å². The molecule has 1 amide bonds. The Labute approximate surface area is 147 Å². The molecule has 0 fully saturated rings. The number of carbonyl (C=O) groups excluding carboxylic acids is 1. The molecule has 0 aromatic heterocycles. The highest BCUT2D eigenvalue weighted by molar-refractivity contribution is 7.89. The Morgan fingerprint density at radius 1 is 1.12 bits per heavy atom. The van der Waals surface area contributed by atoms with Crippen molar-refractivity contribution in [2.45, 2.75) is 24.2 Å². The fourth-order valence-corrected chi connectivity index (χ4v) is 4.07. The quantitative estimate of drug-likeness (QED) is 0.798. The zero-order valence-electron chi connectivity index (χ0n) is 13.8. The molecule has 3 N–H and O–H groups in total. The summed E-state index contributed by atoms with van der Waals surface area (Å²) in [6.07, 6.45) is 1.80. The largest absolute Gasteiger partial charge is 0.398 e. The summed E-state index contributed by atoms with van der Waals surface area (Å²) in [7, 11) is -3.59. The summed E-state index contributed by atoms with van der Waals surface area (Å²) >= 11 is 0. The Bertz CT molecular complexity index is 866. The summed E-state index contributed by atoms with van der Waals surface area (Å²) in [5.74, 6) is -0.109. The van der Waals surface area contributed by atoms with E-state index in [0.29, 0.717) is 12.2 Å². The normalized spacial score (nSPS) is 14.2. The van der Waals surface area contributed by atoms with Crippen LogP contribution in [0.15, 0.2) is 53.4 Å². The third-order valence-electron chi connectivity index (χ3n) is 4.27. The van der Waals surface area contributed by atoms with Crippen molar-refractivity contribution in [1.82, 2.24) is 4.72 Å². The van der Waals surface area contributed by atoms with Gasteiger partial charge in [-0.15, -0.1) is 0 Å². The van der Waals surface area contributed by atoms with Crippen LogP contribution < -0.4 is 15.4 Å². The van der Waals surface area contributed by atoms with E-state index >= 15 is 0 Å². The van der Waals surface area contributed by atoms with Crippen LogP contribution >= 0.6 is 0 Å². The van der Waals surface area contributed by atoms with Gasteiger partial charge in [0.2, 0.25) is 15.9 Å². The average molecular weight is 359 g/mol. The minimum Gasteiger partial charge on any atom is -0.398 e. The van der Waals surface area contributed by atoms with Crippen LogP contribution in [0.3, 0.4) is 0 Å². The first kappa shape index (κ1) is 17.4. The van der Waals surface area contributed by atoms with Crippen molar-refractivity contribution in [1.29, 1.82) is 0 Å². The van der Waals surface area contributed by atoms with Gasteiger partial charge in [0.25, 0.3) is 0 Å². The van der Waals surface area contributed by atoms with Crippen molar-refractivity contribution >= 4 is 27.3 Å². The first-order chi connectivity index (χ1) is 12.0. The first-order valence-corrected chi connectivity index (χ1v) is 9.70. The molecule has 6 nitrogen and oxygen atoms in total. The van der Waals surface area contributed by atoms with Gasteiger partial charge in [-0.1, -0.05) is 24.3 Å². The Morgan fingerprint density at radius 3 is 2.64 bits per heavy atom. The lowest BCUT2D eigenvalue weighted by atomic mass is 9.99. The topological polar surface area (TPSA) is 92.5 Å². The van der Waals surface area contributed by atoms with Gasteiger partial charge in [0.15, 0.2) is 0 Å². The van der Waals surface area contributed by atoms with Gasteiger partial charge in [-0.3, -0.25) is 4.79 Å². The predicted molar refractivity (Wildman–Crippen MR) is 97.8 cm³/mol. The number of nitrogens with one attached hydrogen (secondary N) is 1. The molecular weight excluding hydrogens is 338 g/mol. The maximum atomic E-state index is 12.5. The summed E-state index contributed by atoms with van der Waals surface area (Å²) in [4.78, 5) is 14.4. The van der Waals surface area contributed by atoms with E-state index in [-0.39, 0.29) is 23.8 Å². The molecular formula is C18H21N3O3S. The fraction of sp³-hybridized carbons (Fsp3) is 0.278. The predicted octanol–water partition coefficient (Wildman–Crippen LogP) is 1.92. The smallest absolute Gasteiger partial charge is 0.240 e. The van der Waals surface area contributed by atoms with E-state index < -0.39 is 10.0 Å². The van der Waals surface area contributed by atoms with Crippen molar-refractivity contribution in [2.24, 2.45) is 0 Å². The van der Waals surface area contributed by atoms with Gasteiger partial charge >= 0.3 is 0 Å². The first-order valence-electron chi connectivity index (χ1n) is 8.21. The second kappa shape index (κ2) is 7.25. The molecule has 0 unspecified atom stereocenters. The summed E-state index contributed by atoms with van der Waals surface area (Å²) in [6.45, 7) is 0.685. The van der Waals surface area contributed by atoms with Crippen LogP contribution in [0, 0.1) is 0 Å². The molecule has 0 saturated heterocycles. The molecule has 2 aromatic rings. The second-order valence-electron chi connectivity index (χ2n) is 5.95. The van der Waals surface area contributed by atoms with Crippen LogP contribution in [-0.2, 0) is 21.2 Å². The number of hydrogen-bond acceptors (Lipinski definition) is 4. The van der Waals surface area contributed by atoms with Crippen molar-refractivity contribution in [3.63, 3.8) is 0 Å². The lowest BCUT2D eigenvalue weighted by molar-refractivity contribution is -0.118. The third-order valence-corrected chi connectivity index (χ3v) is 5.75. The van der Waals surface area contributed by atoms with E-state index in [1.54, 1.807) is 23.1 Å². The van der Waals surface area contributed by atoms with Crippen molar-refractivity contribution in [2.75, 3.05) is 23.7 Å². The number of fused-ring (bicyclic) bond motifs is 1. The number of carbonyl (C=O) groups is 1. The van der Waals surface area contributed by atoms with Gasteiger partial charge in [0.05, 0.1) is 4.90 Å². The highest BCUT2D eigenvalue weighted by Gasteiger charge is 2.24. The van der Waals surface area contributed by atoms with Crippen molar-refractivity contribution in [3.8, 4) is 0 Å². The minimum atomic E-state index is -3.59. The second-order valence-corrected chi connectivity index (χ2v) is 7.72. The molecule has 0 spiro atoms. The zero-order valence-corrected chi connectivity index (χ0v) is 14.6. The SMILES string of the molecule is Nc1cccc2c1CCCN2C(=O)CCNS(=O)(=O)c1ccccc1. The number of benzene rings is 2. The molecule has 25 heavy (non-hydrogen) atoms. The number of anilines is 2. The maximum absolute atomic E-state index is 12.5. The number of hydrogen-bond donors (Lipinski definition) is 2. The fourth-order valence-electron chi connectivity index (χ4n) is 3.02. The van der Waals surface area contributed by atoms with Crippen LogP contribution in [0.1, 0.15) is 18.4 Å². The Kier molecular flexibility index (Phi) is 5.06. The summed E-state index contributed by atoms with van der Waals surface area (Å²) in [6, 6.07) is 13.7. The van der Waals surface area contributed by atoms with Crippen LogP contribution in [0.25, 0.3) is 0 Å². The molecule has 0 aliphatic carbocycles. The molecule has 1 aliphatic rings. The van der Waals surface area contributed by atoms with E-state index in [1.165, 1.54) is 12.1 Å². The molecule has 0 saturated carbocycles. The minimum absolute atomic E-state index is 0.0597. The van der Waals surface area contributed by atoms with Gasteiger partial charge in [-0.05, 0) is 42.7 Å². The molecule has 3 rings (SSSR count). The number of sulfonamides is 1. The van der Waals surface area contributed by atoms with E-state index in [9.17, 15) is 13.2 Å². The van der Waals surface area contributed by atoms with Gasteiger partial charge in [-0.2, -0.15) is 0 Å². The van der Waals surface area contributed by atoms with E-state index in [1.807, 2.05) is 18.2 Å². The molecule has 0 radical (unpaired) electrons. The monoisotopic (exact) mass is 359 g/mol. The van der Waals surface area contributed by atoms with Crippen molar-refractivity contribution in [3.05, 3.63) is 54.1 Å². The Morgan fingerprint density at radius 2 is 1.88 bits per heavy atom. The Hall–Kier alpha value is -2.38. The lowest BCUT2D eigenvalue weighted by Gasteiger charge is -2.30. The van der Waals surface area contributed by atoms with Gasteiger partial charge in [0.1, 0.15) is 0 Å². The van der Waals surface area contributed by atoms with E-state index in [0.717, 1.165) is 24.1 Å². The molecule has 0 bridgehead atoms. The van der Waals surface area contributed by atoms with Gasteiger partial charge in [-0.25, -0.2) is 13.1 Å². The lowest BCUT2D eigenvalue weighted by Crippen LogP contribution is -2.38. The van der Waals surface area contributed by atoms with Crippen molar-refractivity contribution < 1.29 is 13.2 Å².